The van der Waals surface area contributed by atoms with Crippen molar-refractivity contribution in [3.63, 3.8) is 0 Å². The van der Waals surface area contributed by atoms with Gasteiger partial charge >= 0.3 is 6.18 Å². The second-order valence-corrected chi connectivity index (χ2v) is 13.5. The Morgan fingerprint density at radius 2 is 1.89 bits per heavy atom. The number of pyridine rings is 1. The minimum Gasteiger partial charge on any atom is -0.383 e. The van der Waals surface area contributed by atoms with E-state index in [4.69, 9.17) is 11.6 Å². The second kappa shape index (κ2) is 11.3. The first-order chi connectivity index (χ1) is 21.7. The summed E-state index contributed by atoms with van der Waals surface area (Å²) >= 11 is 6.67. The van der Waals surface area contributed by atoms with Crippen LogP contribution in [0.3, 0.4) is 0 Å². The van der Waals surface area contributed by atoms with Gasteiger partial charge in [-0.2, -0.15) is 23.5 Å². The van der Waals surface area contributed by atoms with E-state index < -0.39 is 17.8 Å². The maximum absolute atomic E-state index is 14.1. The van der Waals surface area contributed by atoms with E-state index in [0.717, 1.165) is 26.9 Å². The summed E-state index contributed by atoms with van der Waals surface area (Å²) in [4.78, 5) is 4.63. The van der Waals surface area contributed by atoms with Crippen LogP contribution in [0.4, 0.5) is 24.5 Å². The Hall–Kier alpha value is -4.63. The highest BCUT2D eigenvalue weighted by atomic mass is 35.5. The van der Waals surface area contributed by atoms with Gasteiger partial charge in [-0.25, -0.2) is 4.68 Å². The molecule has 1 saturated carbocycles. The molecule has 6 rings (SSSR count). The standard InChI is InChI=1S/C33H33ClF3N9/c1-19-23(21-15-41-45(5)16-21)7-6-8-24(19)30(27-17-46(44-43-27)32(9-10-32)33(35,36)37)42-26-12-22(34)11-25-28(40-18-31(2,3)4)20(13-38)14-39-29(25)26/h6-8,11-12,14-17,30,42H,9-10,18H2,1-5H3,(H,39,40)/t30-/m0/s1. The highest BCUT2D eigenvalue weighted by molar-refractivity contribution is 6.32. The lowest BCUT2D eigenvalue weighted by atomic mass is 9.92. The van der Waals surface area contributed by atoms with Crippen molar-refractivity contribution < 1.29 is 13.2 Å². The predicted molar refractivity (Wildman–Crippen MR) is 172 cm³/mol. The van der Waals surface area contributed by atoms with E-state index in [1.165, 1.54) is 12.4 Å². The van der Waals surface area contributed by atoms with Gasteiger partial charge in [-0.05, 0) is 54.0 Å². The van der Waals surface area contributed by atoms with Crippen LogP contribution in [0.15, 0.2) is 55.1 Å². The van der Waals surface area contributed by atoms with Crippen LogP contribution in [-0.2, 0) is 12.6 Å². The molecule has 2 N–H and O–H groups in total. The molecule has 3 heterocycles. The first-order valence-electron chi connectivity index (χ1n) is 14.8. The van der Waals surface area contributed by atoms with Crippen molar-refractivity contribution >= 4 is 33.9 Å². The lowest BCUT2D eigenvalue weighted by Crippen LogP contribution is -2.35. The zero-order valence-corrected chi connectivity index (χ0v) is 26.8. The number of benzene rings is 2. The molecule has 46 heavy (non-hydrogen) atoms. The number of aryl methyl sites for hydroxylation is 1. The molecule has 1 atom stereocenters. The van der Waals surface area contributed by atoms with Crippen molar-refractivity contribution in [1.82, 2.24) is 29.8 Å². The Morgan fingerprint density at radius 1 is 1.13 bits per heavy atom. The summed E-state index contributed by atoms with van der Waals surface area (Å²) < 4.78 is 44.8. The van der Waals surface area contributed by atoms with E-state index in [1.54, 1.807) is 23.0 Å². The fraction of sp³-hybridized carbons (Fsp3) is 0.364. The van der Waals surface area contributed by atoms with Crippen LogP contribution in [0.25, 0.3) is 22.0 Å². The van der Waals surface area contributed by atoms with Crippen molar-refractivity contribution in [1.29, 1.82) is 5.26 Å². The third-order valence-corrected chi connectivity index (χ3v) is 8.57. The Balaban J connectivity index is 1.51. The van der Waals surface area contributed by atoms with Crippen LogP contribution < -0.4 is 10.6 Å². The minimum absolute atomic E-state index is 0.0542. The van der Waals surface area contributed by atoms with E-state index in [0.29, 0.717) is 45.1 Å². The molecule has 13 heteroatoms. The minimum atomic E-state index is -4.46. The first-order valence-corrected chi connectivity index (χ1v) is 15.2. The van der Waals surface area contributed by atoms with Gasteiger partial charge in [0.25, 0.3) is 0 Å². The molecule has 3 aromatic heterocycles. The molecule has 0 spiro atoms. The Labute approximate surface area is 269 Å². The summed E-state index contributed by atoms with van der Waals surface area (Å²) in [7, 11) is 1.83. The van der Waals surface area contributed by atoms with Gasteiger partial charge in [0.2, 0.25) is 0 Å². The molecule has 2 aromatic carbocycles. The topological polar surface area (TPSA) is 109 Å². The Bertz CT molecular complexity index is 1980. The van der Waals surface area contributed by atoms with Gasteiger partial charge in [0.15, 0.2) is 5.54 Å². The average Bonchev–Trinajstić information content (AvgIpc) is 3.48. The van der Waals surface area contributed by atoms with Gasteiger partial charge in [0.05, 0.1) is 40.9 Å². The number of rotatable bonds is 8. The monoisotopic (exact) mass is 647 g/mol. The number of halogens is 4. The van der Waals surface area contributed by atoms with Gasteiger partial charge in [0, 0.05) is 42.0 Å². The van der Waals surface area contributed by atoms with Crippen LogP contribution in [0, 0.1) is 23.7 Å². The summed E-state index contributed by atoms with van der Waals surface area (Å²) in [6.07, 6.45) is 1.98. The van der Waals surface area contributed by atoms with Crippen LogP contribution >= 0.6 is 11.6 Å². The number of nitrogens with zero attached hydrogens (tertiary/aromatic N) is 7. The molecule has 0 radical (unpaired) electrons. The van der Waals surface area contributed by atoms with Crippen LogP contribution in [0.5, 0.6) is 0 Å². The lowest BCUT2D eigenvalue weighted by Gasteiger charge is -2.24. The van der Waals surface area contributed by atoms with E-state index in [1.807, 2.05) is 38.4 Å². The van der Waals surface area contributed by atoms with Crippen LogP contribution in [-0.4, -0.2) is 42.5 Å². The zero-order chi connectivity index (χ0) is 33.0. The summed E-state index contributed by atoms with van der Waals surface area (Å²) in [5.41, 5.74) is 3.67. The molecule has 9 nitrogen and oxygen atoms in total. The van der Waals surface area contributed by atoms with Crippen molar-refractivity contribution in [3.8, 4) is 17.2 Å². The number of nitriles is 1. The molecular formula is C33H33ClF3N9. The van der Waals surface area contributed by atoms with Crippen LogP contribution in [0.1, 0.15) is 62.0 Å². The summed E-state index contributed by atoms with van der Waals surface area (Å²) in [6.45, 7) is 8.79. The molecule has 1 aliphatic carbocycles. The highest BCUT2D eigenvalue weighted by Crippen LogP contribution is 2.55. The first kappa shape index (κ1) is 31.4. The van der Waals surface area contributed by atoms with E-state index in [2.05, 4.69) is 57.9 Å². The number of hydrogen-bond donors (Lipinski definition) is 2. The number of nitrogens with one attached hydrogen (secondary N) is 2. The third-order valence-electron chi connectivity index (χ3n) is 8.35. The molecule has 5 aromatic rings. The number of fused-ring (bicyclic) bond motifs is 1. The van der Waals surface area contributed by atoms with E-state index >= 15 is 0 Å². The average molecular weight is 648 g/mol. The summed E-state index contributed by atoms with van der Waals surface area (Å²) in [6, 6.07) is 10.7. The molecule has 0 aliphatic heterocycles. The van der Waals surface area contributed by atoms with Crippen LogP contribution in [0.2, 0.25) is 5.02 Å². The number of alkyl halides is 3. The predicted octanol–water partition coefficient (Wildman–Crippen LogP) is 7.77. The normalized spacial score (nSPS) is 15.0. The molecule has 1 aliphatic rings. The fourth-order valence-corrected chi connectivity index (χ4v) is 5.91. The number of anilines is 2. The van der Waals surface area contributed by atoms with E-state index in [-0.39, 0.29) is 18.3 Å². The Kier molecular flexibility index (Phi) is 7.71. The van der Waals surface area contributed by atoms with Gasteiger partial charge < -0.3 is 10.6 Å². The van der Waals surface area contributed by atoms with Crippen molar-refractivity contribution in [2.45, 2.75) is 58.3 Å². The number of hydrogen-bond acceptors (Lipinski definition) is 7. The second-order valence-electron chi connectivity index (χ2n) is 13.0. The molecular weight excluding hydrogens is 615 g/mol. The maximum Gasteiger partial charge on any atom is 0.413 e. The molecule has 0 bridgehead atoms. The van der Waals surface area contributed by atoms with Gasteiger partial charge in [-0.1, -0.05) is 55.8 Å². The fourth-order valence-electron chi connectivity index (χ4n) is 5.69. The smallest absolute Gasteiger partial charge is 0.383 e. The molecule has 238 valence electrons. The molecule has 0 amide bonds. The number of aromatic nitrogens is 6. The molecule has 1 fully saturated rings. The maximum atomic E-state index is 14.1. The zero-order valence-electron chi connectivity index (χ0n) is 26.0. The van der Waals surface area contributed by atoms with Gasteiger partial charge in [-0.3, -0.25) is 9.67 Å². The van der Waals surface area contributed by atoms with Gasteiger partial charge in [0.1, 0.15) is 11.8 Å². The quantitative estimate of drug-likeness (QED) is 0.177. The third kappa shape index (κ3) is 5.75. The van der Waals surface area contributed by atoms with Gasteiger partial charge in [-0.15, -0.1) is 5.10 Å². The Morgan fingerprint density at radius 3 is 2.52 bits per heavy atom. The summed E-state index contributed by atoms with van der Waals surface area (Å²) in [5.74, 6) is 0. The van der Waals surface area contributed by atoms with E-state index in [9.17, 15) is 18.4 Å². The molecule has 0 unspecified atom stereocenters. The molecule has 0 saturated heterocycles. The van der Waals surface area contributed by atoms with Crippen molar-refractivity contribution in [2.75, 3.05) is 17.2 Å². The summed E-state index contributed by atoms with van der Waals surface area (Å²) in [5, 5.41) is 30.4. The van der Waals surface area contributed by atoms with Crippen molar-refractivity contribution in [2.24, 2.45) is 12.5 Å². The van der Waals surface area contributed by atoms with Crippen molar-refractivity contribution in [3.05, 3.63) is 82.5 Å². The highest BCUT2D eigenvalue weighted by Gasteiger charge is 2.66. The SMILES string of the molecule is Cc1c(-c2cnn(C)c2)cccc1[C@H](Nc1cc(Cl)cc2c(NCC(C)(C)C)c(C#N)cnc12)c1cn(C2(C(F)(F)F)CC2)nn1. The lowest BCUT2D eigenvalue weighted by molar-refractivity contribution is -0.182. The largest absolute Gasteiger partial charge is 0.413 e.